The van der Waals surface area contributed by atoms with Gasteiger partial charge in [-0.3, -0.25) is 5.10 Å². The van der Waals surface area contributed by atoms with Gasteiger partial charge in [0.05, 0.1) is 12.2 Å². The fraction of sp³-hybridized carbons (Fsp3) is 0.238. The summed E-state index contributed by atoms with van der Waals surface area (Å²) in [6.45, 7) is 2.23. The van der Waals surface area contributed by atoms with Crippen molar-refractivity contribution in [1.29, 1.82) is 0 Å². The van der Waals surface area contributed by atoms with Crippen LogP contribution in [0.4, 0.5) is 30.8 Å². The second kappa shape index (κ2) is 9.59. The minimum absolute atomic E-state index is 0.237. The minimum Gasteiger partial charge on any atom is -0.406 e. The Kier molecular flexibility index (Phi) is 6.43. The molecule has 172 valence electrons. The fourth-order valence-corrected chi connectivity index (χ4v) is 3.04. The van der Waals surface area contributed by atoms with Crippen LogP contribution in [0.15, 0.2) is 53.2 Å². The van der Waals surface area contributed by atoms with Gasteiger partial charge in [0.1, 0.15) is 11.6 Å². The number of aromatic amines is 1. The van der Waals surface area contributed by atoms with E-state index in [1.165, 1.54) is 18.2 Å². The number of hydrogen-bond donors (Lipinski definition) is 3. The van der Waals surface area contributed by atoms with Crippen LogP contribution in [0.2, 0.25) is 0 Å². The van der Waals surface area contributed by atoms with E-state index in [1.807, 2.05) is 19.1 Å². The molecule has 33 heavy (non-hydrogen) atoms. The summed E-state index contributed by atoms with van der Waals surface area (Å²) in [6.07, 6.45) is -2.04. The maximum absolute atomic E-state index is 12.4. The summed E-state index contributed by atoms with van der Waals surface area (Å²) >= 11 is 0. The van der Waals surface area contributed by atoms with Crippen molar-refractivity contribution in [3.8, 4) is 5.75 Å². The van der Waals surface area contributed by atoms with Gasteiger partial charge in [-0.15, -0.1) is 13.2 Å². The van der Waals surface area contributed by atoms with Crippen LogP contribution >= 0.6 is 0 Å². The SMILES string of the molecule is Cc1cc(CNc2nccc(Nc3cc(CCc4cccc(OC(F)(F)F)c4)[nH]n3)n2)on1. The Morgan fingerprint density at radius 2 is 1.97 bits per heavy atom. The van der Waals surface area contributed by atoms with Gasteiger partial charge in [0.15, 0.2) is 11.6 Å². The van der Waals surface area contributed by atoms with E-state index in [2.05, 4.69) is 40.7 Å². The summed E-state index contributed by atoms with van der Waals surface area (Å²) in [5.41, 5.74) is 2.32. The third-order valence-corrected chi connectivity index (χ3v) is 4.46. The molecule has 3 aromatic heterocycles. The lowest BCUT2D eigenvalue weighted by Gasteiger charge is -2.09. The Morgan fingerprint density at radius 3 is 2.76 bits per heavy atom. The summed E-state index contributed by atoms with van der Waals surface area (Å²) in [5.74, 6) is 1.93. The Morgan fingerprint density at radius 1 is 1.09 bits per heavy atom. The van der Waals surface area contributed by atoms with Crippen LogP contribution in [0.1, 0.15) is 22.7 Å². The monoisotopic (exact) mass is 459 g/mol. The smallest absolute Gasteiger partial charge is 0.406 e. The molecule has 0 atom stereocenters. The third-order valence-electron chi connectivity index (χ3n) is 4.46. The number of hydrogen-bond acceptors (Lipinski definition) is 8. The van der Waals surface area contributed by atoms with Gasteiger partial charge >= 0.3 is 6.36 Å². The lowest BCUT2D eigenvalue weighted by Crippen LogP contribution is -2.17. The first-order valence-corrected chi connectivity index (χ1v) is 9.97. The van der Waals surface area contributed by atoms with Crippen LogP contribution in [-0.2, 0) is 19.4 Å². The molecule has 3 heterocycles. The van der Waals surface area contributed by atoms with Crippen LogP contribution in [0.3, 0.4) is 0 Å². The van der Waals surface area contributed by atoms with Crippen molar-refractivity contribution in [3.05, 3.63) is 71.4 Å². The van der Waals surface area contributed by atoms with Crippen LogP contribution in [0, 0.1) is 6.92 Å². The van der Waals surface area contributed by atoms with E-state index >= 15 is 0 Å². The molecule has 0 radical (unpaired) electrons. The molecule has 1 aromatic carbocycles. The van der Waals surface area contributed by atoms with Crippen molar-refractivity contribution in [2.45, 2.75) is 32.7 Å². The zero-order valence-corrected chi connectivity index (χ0v) is 17.5. The highest BCUT2D eigenvalue weighted by atomic mass is 19.4. The van der Waals surface area contributed by atoms with Gasteiger partial charge in [-0.2, -0.15) is 10.1 Å². The molecule has 0 saturated carbocycles. The summed E-state index contributed by atoms with van der Waals surface area (Å²) < 4.78 is 46.3. The number of benzene rings is 1. The fourth-order valence-electron chi connectivity index (χ4n) is 3.04. The summed E-state index contributed by atoms with van der Waals surface area (Å²) in [7, 11) is 0. The summed E-state index contributed by atoms with van der Waals surface area (Å²) in [6, 6.07) is 11.2. The van der Waals surface area contributed by atoms with Crippen LogP contribution in [0.5, 0.6) is 5.75 Å². The standard InChI is InChI=1S/C21H20F3N7O2/c1-13-9-17(33-31-13)12-26-20-25-8-7-18(28-20)27-19-11-15(29-30-19)6-5-14-3-2-4-16(10-14)32-21(22,23)24/h2-4,7-11H,5-6,12H2,1H3,(H3,25,26,27,28,29,30). The molecule has 0 unspecified atom stereocenters. The van der Waals surface area contributed by atoms with Crippen LogP contribution < -0.4 is 15.4 Å². The van der Waals surface area contributed by atoms with E-state index < -0.39 is 6.36 Å². The molecule has 0 aliphatic heterocycles. The number of nitrogens with zero attached hydrogens (tertiary/aromatic N) is 4. The van der Waals surface area contributed by atoms with E-state index in [9.17, 15) is 13.2 Å². The Balaban J connectivity index is 1.31. The molecule has 12 heteroatoms. The Bertz CT molecular complexity index is 1210. The number of aromatic nitrogens is 5. The molecule has 4 aromatic rings. The van der Waals surface area contributed by atoms with Crippen molar-refractivity contribution in [1.82, 2.24) is 25.3 Å². The second-order valence-electron chi connectivity index (χ2n) is 7.15. The predicted octanol–water partition coefficient (Wildman–Crippen LogP) is 4.54. The highest BCUT2D eigenvalue weighted by molar-refractivity contribution is 5.53. The summed E-state index contributed by atoms with van der Waals surface area (Å²) in [5, 5.41) is 17.1. The predicted molar refractivity (Wildman–Crippen MR) is 113 cm³/mol. The molecule has 3 N–H and O–H groups in total. The molecule has 0 bridgehead atoms. The normalized spacial score (nSPS) is 11.4. The van der Waals surface area contributed by atoms with E-state index in [-0.39, 0.29) is 5.75 Å². The third kappa shape index (κ3) is 6.69. The maximum Gasteiger partial charge on any atom is 0.573 e. The first-order valence-electron chi connectivity index (χ1n) is 9.97. The number of halogens is 3. The molecule has 9 nitrogen and oxygen atoms in total. The zero-order chi connectivity index (χ0) is 23.3. The number of anilines is 3. The molecule has 0 aliphatic rings. The molecule has 0 saturated heterocycles. The number of nitrogens with one attached hydrogen (secondary N) is 3. The Labute approximate surface area is 186 Å². The maximum atomic E-state index is 12.4. The Hall–Kier alpha value is -4.09. The lowest BCUT2D eigenvalue weighted by atomic mass is 10.1. The van der Waals surface area contributed by atoms with Crippen molar-refractivity contribution in [3.63, 3.8) is 0 Å². The first kappa shape index (κ1) is 22.1. The van der Waals surface area contributed by atoms with E-state index in [0.29, 0.717) is 48.3 Å². The lowest BCUT2D eigenvalue weighted by molar-refractivity contribution is -0.274. The van der Waals surface area contributed by atoms with Crippen molar-refractivity contribution < 1.29 is 22.4 Å². The molecule has 4 rings (SSSR count). The first-order chi connectivity index (χ1) is 15.8. The molecular weight excluding hydrogens is 439 g/mol. The van der Waals surface area contributed by atoms with Crippen LogP contribution in [0.25, 0.3) is 0 Å². The quantitative estimate of drug-likeness (QED) is 0.334. The van der Waals surface area contributed by atoms with Gasteiger partial charge in [-0.25, -0.2) is 4.98 Å². The molecular formula is C21H20F3N7O2. The number of H-pyrrole nitrogens is 1. The second-order valence-corrected chi connectivity index (χ2v) is 7.15. The average Bonchev–Trinajstić information content (AvgIpc) is 3.39. The van der Waals surface area contributed by atoms with Crippen LogP contribution in [-0.4, -0.2) is 31.7 Å². The number of rotatable bonds is 9. The number of aryl methyl sites for hydroxylation is 3. The van der Waals surface area contributed by atoms with E-state index in [4.69, 9.17) is 4.52 Å². The molecule has 0 aliphatic carbocycles. The average molecular weight is 459 g/mol. The minimum atomic E-state index is -4.71. The van der Waals surface area contributed by atoms with Gasteiger partial charge in [0.25, 0.3) is 0 Å². The van der Waals surface area contributed by atoms with Crippen molar-refractivity contribution in [2.75, 3.05) is 10.6 Å². The van der Waals surface area contributed by atoms with Gasteiger partial charge in [-0.1, -0.05) is 17.3 Å². The topological polar surface area (TPSA) is 114 Å². The molecule has 0 spiro atoms. The van der Waals surface area contributed by atoms with Gasteiger partial charge in [0.2, 0.25) is 5.95 Å². The number of alkyl halides is 3. The molecule has 0 fully saturated rings. The summed E-state index contributed by atoms with van der Waals surface area (Å²) in [4.78, 5) is 8.54. The molecule has 0 amide bonds. The highest BCUT2D eigenvalue weighted by Gasteiger charge is 2.31. The van der Waals surface area contributed by atoms with Gasteiger partial charge in [0, 0.05) is 24.0 Å². The van der Waals surface area contributed by atoms with Gasteiger partial charge < -0.3 is 19.9 Å². The van der Waals surface area contributed by atoms with Gasteiger partial charge in [-0.05, 0) is 43.5 Å². The highest BCUT2D eigenvalue weighted by Crippen LogP contribution is 2.24. The van der Waals surface area contributed by atoms with E-state index in [0.717, 1.165) is 11.4 Å². The van der Waals surface area contributed by atoms with Crippen molar-refractivity contribution in [2.24, 2.45) is 0 Å². The van der Waals surface area contributed by atoms with E-state index in [1.54, 1.807) is 18.3 Å². The largest absolute Gasteiger partial charge is 0.573 e. The zero-order valence-electron chi connectivity index (χ0n) is 17.5. The van der Waals surface area contributed by atoms with Crippen molar-refractivity contribution >= 4 is 17.6 Å². The number of ether oxygens (including phenoxy) is 1.